The van der Waals surface area contributed by atoms with Crippen LogP contribution in [0.1, 0.15) is 19.3 Å². The summed E-state index contributed by atoms with van der Waals surface area (Å²) >= 11 is 0. The lowest BCUT2D eigenvalue weighted by Gasteiger charge is -2.32. The SMILES string of the molecule is NCCC1CCN(c2ccccn2)CC1. The molecule has 82 valence electrons. The molecule has 1 aromatic heterocycles. The van der Waals surface area contributed by atoms with E-state index < -0.39 is 0 Å². The highest BCUT2D eigenvalue weighted by Gasteiger charge is 2.18. The zero-order valence-corrected chi connectivity index (χ0v) is 9.10. The van der Waals surface area contributed by atoms with Crippen LogP contribution in [0.5, 0.6) is 0 Å². The molecule has 2 N–H and O–H groups in total. The summed E-state index contributed by atoms with van der Waals surface area (Å²) in [5.74, 6) is 1.94. The Morgan fingerprint density at radius 3 is 2.73 bits per heavy atom. The molecule has 0 radical (unpaired) electrons. The third-order valence-corrected chi connectivity index (χ3v) is 3.16. The minimum atomic E-state index is 0.828. The number of hydrogen-bond acceptors (Lipinski definition) is 3. The van der Waals surface area contributed by atoms with E-state index in [1.165, 1.54) is 19.3 Å². The summed E-state index contributed by atoms with van der Waals surface area (Å²) in [4.78, 5) is 6.74. The van der Waals surface area contributed by atoms with Crippen molar-refractivity contribution in [1.82, 2.24) is 4.98 Å². The van der Waals surface area contributed by atoms with E-state index in [-0.39, 0.29) is 0 Å². The monoisotopic (exact) mass is 205 g/mol. The predicted octanol–water partition coefficient (Wildman–Crippen LogP) is 1.65. The first-order valence-corrected chi connectivity index (χ1v) is 5.76. The van der Waals surface area contributed by atoms with Gasteiger partial charge < -0.3 is 10.6 Å². The van der Waals surface area contributed by atoms with Crippen LogP contribution in [0.15, 0.2) is 24.4 Å². The molecule has 0 bridgehead atoms. The van der Waals surface area contributed by atoms with Crippen LogP contribution < -0.4 is 10.6 Å². The van der Waals surface area contributed by atoms with Gasteiger partial charge in [0.25, 0.3) is 0 Å². The lowest BCUT2D eigenvalue weighted by molar-refractivity contribution is 0.385. The van der Waals surface area contributed by atoms with Crippen molar-refractivity contribution < 1.29 is 0 Å². The number of pyridine rings is 1. The van der Waals surface area contributed by atoms with Crippen molar-refractivity contribution in [3.63, 3.8) is 0 Å². The van der Waals surface area contributed by atoms with Crippen LogP contribution in [-0.4, -0.2) is 24.6 Å². The Morgan fingerprint density at radius 1 is 1.33 bits per heavy atom. The zero-order chi connectivity index (χ0) is 10.5. The average molecular weight is 205 g/mol. The Labute approximate surface area is 91.3 Å². The summed E-state index contributed by atoms with van der Waals surface area (Å²) in [6, 6.07) is 6.10. The molecule has 3 nitrogen and oxygen atoms in total. The molecule has 15 heavy (non-hydrogen) atoms. The third-order valence-electron chi connectivity index (χ3n) is 3.16. The summed E-state index contributed by atoms with van der Waals surface area (Å²) in [5, 5.41) is 0. The number of hydrogen-bond donors (Lipinski definition) is 1. The maximum absolute atomic E-state index is 5.58. The largest absolute Gasteiger partial charge is 0.357 e. The highest BCUT2D eigenvalue weighted by Crippen LogP contribution is 2.22. The van der Waals surface area contributed by atoms with E-state index in [1.807, 2.05) is 18.3 Å². The van der Waals surface area contributed by atoms with Crippen LogP contribution in [0.4, 0.5) is 5.82 Å². The van der Waals surface area contributed by atoms with Crippen molar-refractivity contribution >= 4 is 5.82 Å². The number of nitrogens with two attached hydrogens (primary N) is 1. The molecule has 2 rings (SSSR count). The standard InChI is InChI=1S/C12H19N3/c13-7-4-11-5-9-15(10-6-11)12-3-1-2-8-14-12/h1-3,8,11H,4-7,9-10,13H2. The summed E-state index contributed by atoms with van der Waals surface area (Å²) < 4.78 is 0. The molecular weight excluding hydrogens is 186 g/mol. The van der Waals surface area contributed by atoms with Crippen molar-refractivity contribution in [3.8, 4) is 0 Å². The fourth-order valence-electron chi connectivity index (χ4n) is 2.23. The maximum atomic E-state index is 5.58. The molecule has 3 heteroatoms. The summed E-state index contributed by atoms with van der Waals surface area (Å²) in [6.07, 6.45) is 5.55. The van der Waals surface area contributed by atoms with E-state index in [0.717, 1.165) is 31.4 Å². The van der Waals surface area contributed by atoms with Gasteiger partial charge in [0, 0.05) is 19.3 Å². The van der Waals surface area contributed by atoms with Gasteiger partial charge in [0.2, 0.25) is 0 Å². The quantitative estimate of drug-likeness (QED) is 0.815. The molecule has 0 unspecified atom stereocenters. The highest BCUT2D eigenvalue weighted by molar-refractivity contribution is 5.37. The Bertz CT molecular complexity index is 278. The summed E-state index contributed by atoms with van der Waals surface area (Å²) in [6.45, 7) is 3.08. The van der Waals surface area contributed by atoms with Crippen molar-refractivity contribution in [2.75, 3.05) is 24.5 Å². The maximum Gasteiger partial charge on any atom is 0.128 e. The molecule has 1 aromatic rings. The van der Waals surface area contributed by atoms with Crippen LogP contribution in [0, 0.1) is 5.92 Å². The van der Waals surface area contributed by atoms with E-state index >= 15 is 0 Å². The number of rotatable bonds is 3. The average Bonchev–Trinajstić information content (AvgIpc) is 2.32. The van der Waals surface area contributed by atoms with Gasteiger partial charge in [-0.2, -0.15) is 0 Å². The smallest absolute Gasteiger partial charge is 0.128 e. The Kier molecular flexibility index (Phi) is 3.56. The van der Waals surface area contributed by atoms with Crippen LogP contribution in [0.25, 0.3) is 0 Å². The van der Waals surface area contributed by atoms with E-state index in [2.05, 4.69) is 16.0 Å². The number of anilines is 1. The first-order chi connectivity index (χ1) is 7.40. The summed E-state index contributed by atoms with van der Waals surface area (Å²) in [5.41, 5.74) is 5.58. The van der Waals surface area contributed by atoms with Crippen LogP contribution in [0.3, 0.4) is 0 Å². The number of aromatic nitrogens is 1. The second-order valence-corrected chi connectivity index (χ2v) is 4.20. The fraction of sp³-hybridized carbons (Fsp3) is 0.583. The van der Waals surface area contributed by atoms with Crippen molar-refractivity contribution in [2.24, 2.45) is 11.7 Å². The van der Waals surface area contributed by atoms with Crippen molar-refractivity contribution in [3.05, 3.63) is 24.4 Å². The molecule has 0 amide bonds. The zero-order valence-electron chi connectivity index (χ0n) is 9.10. The first kappa shape index (κ1) is 10.4. The van der Waals surface area contributed by atoms with Crippen molar-refractivity contribution in [2.45, 2.75) is 19.3 Å². The lowest BCUT2D eigenvalue weighted by Crippen LogP contribution is -2.34. The van der Waals surface area contributed by atoms with Gasteiger partial charge >= 0.3 is 0 Å². The van der Waals surface area contributed by atoms with Gasteiger partial charge in [-0.1, -0.05) is 6.07 Å². The molecule has 1 saturated heterocycles. The molecule has 1 fully saturated rings. The highest BCUT2D eigenvalue weighted by atomic mass is 15.2. The Balaban J connectivity index is 1.88. The molecule has 0 spiro atoms. The normalized spacial score (nSPS) is 18.1. The predicted molar refractivity (Wildman–Crippen MR) is 62.8 cm³/mol. The lowest BCUT2D eigenvalue weighted by atomic mass is 9.94. The molecule has 2 heterocycles. The van der Waals surface area contributed by atoms with Gasteiger partial charge in [0.15, 0.2) is 0 Å². The molecule has 1 aliphatic rings. The third kappa shape index (κ3) is 2.69. The molecular formula is C12H19N3. The van der Waals surface area contributed by atoms with Gasteiger partial charge in [0.1, 0.15) is 5.82 Å². The van der Waals surface area contributed by atoms with Gasteiger partial charge in [-0.05, 0) is 43.9 Å². The van der Waals surface area contributed by atoms with Crippen LogP contribution in [-0.2, 0) is 0 Å². The van der Waals surface area contributed by atoms with Crippen molar-refractivity contribution in [1.29, 1.82) is 0 Å². The van der Waals surface area contributed by atoms with Crippen LogP contribution in [0.2, 0.25) is 0 Å². The first-order valence-electron chi connectivity index (χ1n) is 5.76. The molecule has 0 saturated carbocycles. The molecule has 0 aromatic carbocycles. The Morgan fingerprint density at radius 2 is 2.13 bits per heavy atom. The van der Waals surface area contributed by atoms with Gasteiger partial charge in [-0.3, -0.25) is 0 Å². The summed E-state index contributed by atoms with van der Waals surface area (Å²) in [7, 11) is 0. The molecule has 0 aliphatic carbocycles. The minimum Gasteiger partial charge on any atom is -0.357 e. The minimum absolute atomic E-state index is 0.828. The van der Waals surface area contributed by atoms with Gasteiger partial charge in [-0.25, -0.2) is 4.98 Å². The Hall–Kier alpha value is -1.09. The number of piperidine rings is 1. The van der Waals surface area contributed by atoms with Crippen LogP contribution >= 0.6 is 0 Å². The van der Waals surface area contributed by atoms with Gasteiger partial charge in [-0.15, -0.1) is 0 Å². The van der Waals surface area contributed by atoms with E-state index in [9.17, 15) is 0 Å². The van der Waals surface area contributed by atoms with E-state index in [4.69, 9.17) is 5.73 Å². The topological polar surface area (TPSA) is 42.1 Å². The van der Waals surface area contributed by atoms with E-state index in [1.54, 1.807) is 0 Å². The number of nitrogens with zero attached hydrogens (tertiary/aromatic N) is 2. The second kappa shape index (κ2) is 5.12. The van der Waals surface area contributed by atoms with Gasteiger partial charge in [0.05, 0.1) is 0 Å². The second-order valence-electron chi connectivity index (χ2n) is 4.20. The molecule has 0 atom stereocenters. The fourth-order valence-corrected chi connectivity index (χ4v) is 2.23. The molecule has 1 aliphatic heterocycles. The van der Waals surface area contributed by atoms with E-state index in [0.29, 0.717) is 0 Å².